The fraction of sp³-hybridized carbons (Fsp3) is 0.0435. The lowest BCUT2D eigenvalue weighted by Gasteiger charge is -2.13. The van der Waals surface area contributed by atoms with Gasteiger partial charge >= 0.3 is 0 Å². The standard InChI is InChI=1S/C23H18N2O2S/c1-27-17-11-13-18(14-12-17)28-21-10-5-7-16-6-4-9-19(22(16)21)25-23(26)20-8-2-3-15-24-20/h2-15H,1H3,(H,25,26). The van der Waals surface area contributed by atoms with Crippen molar-refractivity contribution < 1.29 is 9.53 Å². The van der Waals surface area contributed by atoms with Crippen LogP contribution < -0.4 is 10.1 Å². The number of fused-ring (bicyclic) bond motifs is 1. The summed E-state index contributed by atoms with van der Waals surface area (Å²) in [5, 5.41) is 5.09. The molecule has 4 aromatic rings. The van der Waals surface area contributed by atoms with E-state index in [2.05, 4.69) is 16.4 Å². The molecule has 0 atom stereocenters. The van der Waals surface area contributed by atoms with Crippen molar-refractivity contribution in [1.82, 2.24) is 4.98 Å². The van der Waals surface area contributed by atoms with Crippen molar-refractivity contribution in [1.29, 1.82) is 0 Å². The van der Waals surface area contributed by atoms with Crippen molar-refractivity contribution in [2.75, 3.05) is 12.4 Å². The molecule has 0 fully saturated rings. The topological polar surface area (TPSA) is 51.2 Å². The van der Waals surface area contributed by atoms with Gasteiger partial charge in [0.1, 0.15) is 11.4 Å². The van der Waals surface area contributed by atoms with Gasteiger partial charge in [0.25, 0.3) is 5.91 Å². The fourth-order valence-corrected chi connectivity index (χ4v) is 3.95. The molecule has 1 heterocycles. The van der Waals surface area contributed by atoms with Crippen molar-refractivity contribution in [3.63, 3.8) is 0 Å². The van der Waals surface area contributed by atoms with Gasteiger partial charge in [-0.2, -0.15) is 0 Å². The smallest absolute Gasteiger partial charge is 0.274 e. The van der Waals surface area contributed by atoms with E-state index < -0.39 is 0 Å². The first kappa shape index (κ1) is 18.1. The third-order valence-corrected chi connectivity index (χ3v) is 5.37. The molecule has 0 saturated heterocycles. The molecule has 5 heteroatoms. The van der Waals surface area contributed by atoms with Gasteiger partial charge in [-0.15, -0.1) is 0 Å². The van der Waals surface area contributed by atoms with Crippen molar-refractivity contribution in [2.24, 2.45) is 0 Å². The van der Waals surface area contributed by atoms with Gasteiger partial charge < -0.3 is 10.1 Å². The van der Waals surface area contributed by atoms with Gasteiger partial charge in [0, 0.05) is 21.4 Å². The third-order valence-electron chi connectivity index (χ3n) is 4.30. The Labute approximate surface area is 167 Å². The Hall–Kier alpha value is -3.31. The minimum atomic E-state index is -0.225. The number of hydrogen-bond donors (Lipinski definition) is 1. The zero-order valence-corrected chi connectivity index (χ0v) is 16.1. The molecule has 0 aliphatic carbocycles. The summed E-state index contributed by atoms with van der Waals surface area (Å²) in [5.41, 5.74) is 1.16. The molecule has 0 bridgehead atoms. The molecule has 138 valence electrons. The van der Waals surface area contributed by atoms with Crippen molar-refractivity contribution >= 4 is 34.1 Å². The SMILES string of the molecule is COc1ccc(Sc2cccc3cccc(NC(=O)c4ccccn4)c23)cc1. The molecule has 4 rings (SSSR count). The van der Waals surface area contributed by atoms with Crippen LogP contribution in [0.4, 0.5) is 5.69 Å². The number of carbonyl (C=O) groups excluding carboxylic acids is 1. The summed E-state index contributed by atoms with van der Waals surface area (Å²) in [5.74, 6) is 0.600. The van der Waals surface area contributed by atoms with Gasteiger partial charge in [-0.25, -0.2) is 0 Å². The fourth-order valence-electron chi connectivity index (χ4n) is 2.95. The van der Waals surface area contributed by atoms with Crippen LogP contribution in [0.25, 0.3) is 10.8 Å². The Morgan fingerprint density at radius 2 is 1.71 bits per heavy atom. The first-order valence-corrected chi connectivity index (χ1v) is 9.62. The number of nitrogens with one attached hydrogen (secondary N) is 1. The summed E-state index contributed by atoms with van der Waals surface area (Å²) in [6.07, 6.45) is 1.61. The average molecular weight is 386 g/mol. The quantitative estimate of drug-likeness (QED) is 0.482. The van der Waals surface area contributed by atoms with Crippen molar-refractivity contribution in [3.8, 4) is 5.75 Å². The van der Waals surface area contributed by atoms with E-state index in [1.165, 1.54) is 0 Å². The number of pyridine rings is 1. The molecule has 0 radical (unpaired) electrons. The molecule has 4 nitrogen and oxygen atoms in total. The molecular formula is C23H18N2O2S. The first-order valence-electron chi connectivity index (χ1n) is 8.80. The maximum atomic E-state index is 12.6. The summed E-state index contributed by atoms with van der Waals surface area (Å²) in [6.45, 7) is 0. The number of anilines is 1. The number of methoxy groups -OCH3 is 1. The van der Waals surface area contributed by atoms with Crippen LogP contribution in [0.3, 0.4) is 0 Å². The minimum absolute atomic E-state index is 0.225. The number of aromatic nitrogens is 1. The van der Waals surface area contributed by atoms with Crippen LogP contribution in [0.1, 0.15) is 10.5 Å². The van der Waals surface area contributed by atoms with Gasteiger partial charge in [-0.3, -0.25) is 9.78 Å². The van der Waals surface area contributed by atoms with E-state index in [-0.39, 0.29) is 5.91 Å². The Kier molecular flexibility index (Phi) is 5.26. The molecule has 0 aliphatic heterocycles. The number of hydrogen-bond acceptors (Lipinski definition) is 4. The largest absolute Gasteiger partial charge is 0.497 e. The highest BCUT2D eigenvalue weighted by atomic mass is 32.2. The molecule has 0 saturated carbocycles. The van der Waals surface area contributed by atoms with E-state index in [1.54, 1.807) is 43.3 Å². The summed E-state index contributed by atoms with van der Waals surface area (Å²) in [6, 6.07) is 25.3. The zero-order valence-electron chi connectivity index (χ0n) is 15.3. The summed E-state index contributed by atoms with van der Waals surface area (Å²) in [4.78, 5) is 18.9. The minimum Gasteiger partial charge on any atom is -0.497 e. The lowest BCUT2D eigenvalue weighted by atomic mass is 10.1. The number of amides is 1. The average Bonchev–Trinajstić information content (AvgIpc) is 2.75. The molecule has 1 aromatic heterocycles. The van der Waals surface area contributed by atoms with Crippen LogP contribution in [-0.2, 0) is 0 Å². The van der Waals surface area contributed by atoms with E-state index >= 15 is 0 Å². The number of ether oxygens (including phenoxy) is 1. The lowest BCUT2D eigenvalue weighted by Crippen LogP contribution is -2.13. The van der Waals surface area contributed by atoms with Gasteiger partial charge in [0.2, 0.25) is 0 Å². The second-order valence-corrected chi connectivity index (χ2v) is 7.22. The van der Waals surface area contributed by atoms with Crippen LogP contribution in [0.2, 0.25) is 0 Å². The Bertz CT molecular complexity index is 1110. The highest BCUT2D eigenvalue weighted by molar-refractivity contribution is 7.99. The van der Waals surface area contributed by atoms with Crippen LogP contribution in [0.5, 0.6) is 5.75 Å². The second-order valence-electron chi connectivity index (χ2n) is 6.11. The second kappa shape index (κ2) is 8.15. The number of benzene rings is 3. The predicted molar refractivity (Wildman–Crippen MR) is 113 cm³/mol. The molecule has 1 N–H and O–H groups in total. The van der Waals surface area contributed by atoms with Gasteiger partial charge in [0.05, 0.1) is 12.8 Å². The monoisotopic (exact) mass is 386 g/mol. The van der Waals surface area contributed by atoms with Crippen LogP contribution in [0.15, 0.2) is 94.9 Å². The van der Waals surface area contributed by atoms with E-state index in [1.807, 2.05) is 54.6 Å². The van der Waals surface area contributed by atoms with E-state index in [0.717, 1.165) is 32.0 Å². The number of carbonyl (C=O) groups is 1. The Morgan fingerprint density at radius 1 is 0.929 bits per heavy atom. The zero-order chi connectivity index (χ0) is 19.3. The number of nitrogens with zero attached hydrogens (tertiary/aromatic N) is 1. The van der Waals surface area contributed by atoms with Gasteiger partial charge in [-0.05, 0) is 53.9 Å². The molecule has 0 unspecified atom stereocenters. The van der Waals surface area contributed by atoms with Crippen molar-refractivity contribution in [2.45, 2.75) is 9.79 Å². The highest BCUT2D eigenvalue weighted by Gasteiger charge is 2.12. The molecule has 1 amide bonds. The summed E-state index contributed by atoms with van der Waals surface area (Å²) < 4.78 is 5.23. The maximum absolute atomic E-state index is 12.6. The van der Waals surface area contributed by atoms with Crippen LogP contribution in [-0.4, -0.2) is 18.0 Å². The molecular weight excluding hydrogens is 368 g/mol. The molecule has 0 aliphatic rings. The van der Waals surface area contributed by atoms with Crippen LogP contribution in [0, 0.1) is 0 Å². The Balaban J connectivity index is 1.70. The highest BCUT2D eigenvalue weighted by Crippen LogP contribution is 2.37. The van der Waals surface area contributed by atoms with E-state index in [4.69, 9.17) is 4.74 Å². The summed E-state index contributed by atoms with van der Waals surface area (Å²) >= 11 is 1.65. The molecule has 0 spiro atoms. The maximum Gasteiger partial charge on any atom is 0.274 e. The first-order chi connectivity index (χ1) is 13.7. The van der Waals surface area contributed by atoms with Gasteiger partial charge in [-0.1, -0.05) is 42.1 Å². The van der Waals surface area contributed by atoms with Gasteiger partial charge in [0.15, 0.2) is 0 Å². The number of rotatable bonds is 5. The third kappa shape index (κ3) is 3.85. The van der Waals surface area contributed by atoms with E-state index in [0.29, 0.717) is 5.69 Å². The van der Waals surface area contributed by atoms with E-state index in [9.17, 15) is 4.79 Å². The van der Waals surface area contributed by atoms with Crippen molar-refractivity contribution in [3.05, 3.63) is 90.8 Å². The Morgan fingerprint density at radius 3 is 2.43 bits per heavy atom. The van der Waals surface area contributed by atoms with Crippen LogP contribution >= 0.6 is 11.8 Å². The normalized spacial score (nSPS) is 10.6. The lowest BCUT2D eigenvalue weighted by molar-refractivity contribution is 0.102. The molecule has 28 heavy (non-hydrogen) atoms. The molecule has 3 aromatic carbocycles. The summed E-state index contributed by atoms with van der Waals surface area (Å²) in [7, 11) is 1.66. The predicted octanol–water partition coefficient (Wildman–Crippen LogP) is 5.65.